The summed E-state index contributed by atoms with van der Waals surface area (Å²) in [6, 6.07) is 0. The first-order chi connectivity index (χ1) is 7.34. The Labute approximate surface area is 98.8 Å². The predicted molar refractivity (Wildman–Crippen MR) is 68.2 cm³/mol. The van der Waals surface area contributed by atoms with Crippen LogP contribution in [0.1, 0.15) is 47.5 Å². The fourth-order valence-corrected chi connectivity index (χ4v) is 2.53. The lowest BCUT2D eigenvalue weighted by Crippen LogP contribution is -2.23. The smallest absolute Gasteiger partial charge is 0.219 e. The number of allylic oxidation sites excluding steroid dienone is 4. The van der Waals surface area contributed by atoms with Crippen LogP contribution in [-0.4, -0.2) is 13.0 Å². The van der Waals surface area contributed by atoms with Gasteiger partial charge in [0.1, 0.15) is 0 Å². The molecule has 0 aliphatic heterocycles. The zero-order chi connectivity index (χ0) is 12.5. The van der Waals surface area contributed by atoms with Crippen LogP contribution in [0.15, 0.2) is 22.3 Å². The first-order valence-electron chi connectivity index (χ1n) is 5.91. The Hall–Kier alpha value is -1.05. The molecule has 16 heavy (non-hydrogen) atoms. The van der Waals surface area contributed by atoms with Gasteiger partial charge in [-0.2, -0.15) is 0 Å². The Morgan fingerprint density at radius 3 is 1.94 bits per heavy atom. The molecule has 0 bridgehead atoms. The fraction of sp³-hybridized carbons (Fsp3) is 0.643. The summed E-state index contributed by atoms with van der Waals surface area (Å²) in [6.45, 7) is 11.0. The van der Waals surface area contributed by atoms with Crippen molar-refractivity contribution in [1.29, 1.82) is 0 Å². The van der Waals surface area contributed by atoms with E-state index in [1.54, 1.807) is 7.05 Å². The van der Waals surface area contributed by atoms with Gasteiger partial charge < -0.3 is 5.32 Å². The van der Waals surface area contributed by atoms with Crippen LogP contribution in [0.2, 0.25) is 0 Å². The zero-order valence-corrected chi connectivity index (χ0v) is 11.3. The van der Waals surface area contributed by atoms with Crippen LogP contribution >= 0.6 is 0 Å². The lowest BCUT2D eigenvalue weighted by molar-refractivity contribution is -0.121. The van der Waals surface area contributed by atoms with Gasteiger partial charge in [-0.25, -0.2) is 0 Å². The molecule has 0 atom stereocenters. The standard InChI is InChI=1S/C14H23NO/c1-9-10(2)12(4)14(5,11(9)3)8-7-13(16)15-6/h7-8H2,1-6H3,(H,15,16). The van der Waals surface area contributed by atoms with Gasteiger partial charge >= 0.3 is 0 Å². The second-order valence-corrected chi connectivity index (χ2v) is 5.01. The zero-order valence-electron chi connectivity index (χ0n) is 11.3. The number of rotatable bonds is 3. The molecule has 1 amide bonds. The summed E-state index contributed by atoms with van der Waals surface area (Å²) in [4.78, 5) is 11.3. The number of hydrogen-bond acceptors (Lipinski definition) is 1. The average Bonchev–Trinajstić information content (AvgIpc) is 2.43. The molecule has 0 aromatic heterocycles. The average molecular weight is 221 g/mol. The molecular weight excluding hydrogens is 198 g/mol. The molecule has 0 saturated heterocycles. The Morgan fingerprint density at radius 1 is 1.12 bits per heavy atom. The highest BCUT2D eigenvalue weighted by molar-refractivity contribution is 5.75. The third-order valence-electron chi connectivity index (χ3n) is 4.47. The predicted octanol–water partition coefficient (Wildman–Crippen LogP) is 3.21. The van der Waals surface area contributed by atoms with Crippen molar-refractivity contribution in [3.63, 3.8) is 0 Å². The molecule has 1 rings (SSSR count). The van der Waals surface area contributed by atoms with Crippen molar-refractivity contribution >= 4 is 5.91 Å². The molecule has 0 unspecified atom stereocenters. The third kappa shape index (κ3) is 1.93. The van der Waals surface area contributed by atoms with Gasteiger partial charge in [0.05, 0.1) is 0 Å². The van der Waals surface area contributed by atoms with Crippen LogP contribution in [0.3, 0.4) is 0 Å². The maximum absolute atomic E-state index is 11.3. The van der Waals surface area contributed by atoms with E-state index in [9.17, 15) is 4.79 Å². The Kier molecular flexibility index (Phi) is 3.61. The summed E-state index contributed by atoms with van der Waals surface area (Å²) in [5.41, 5.74) is 5.73. The molecule has 0 aromatic carbocycles. The van der Waals surface area contributed by atoms with Crippen molar-refractivity contribution in [2.45, 2.75) is 47.5 Å². The minimum absolute atomic E-state index is 0.0840. The number of hydrogen-bond donors (Lipinski definition) is 1. The van der Waals surface area contributed by atoms with Crippen LogP contribution in [0.25, 0.3) is 0 Å². The van der Waals surface area contributed by atoms with E-state index in [1.165, 1.54) is 22.3 Å². The normalized spacial score (nSPS) is 19.4. The molecule has 0 aromatic rings. The Bertz CT molecular complexity index is 350. The second kappa shape index (κ2) is 4.44. The summed E-state index contributed by atoms with van der Waals surface area (Å²) < 4.78 is 0. The molecule has 0 heterocycles. The number of amides is 1. The topological polar surface area (TPSA) is 29.1 Å². The van der Waals surface area contributed by atoms with Crippen molar-refractivity contribution < 1.29 is 4.79 Å². The van der Waals surface area contributed by atoms with Gasteiger partial charge in [-0.15, -0.1) is 0 Å². The van der Waals surface area contributed by atoms with Gasteiger partial charge in [-0.1, -0.05) is 18.1 Å². The minimum atomic E-state index is 0.0840. The van der Waals surface area contributed by atoms with Gasteiger partial charge in [0.2, 0.25) is 5.91 Å². The summed E-state index contributed by atoms with van der Waals surface area (Å²) in [7, 11) is 1.70. The van der Waals surface area contributed by atoms with Gasteiger partial charge in [0.25, 0.3) is 0 Å². The molecule has 0 radical (unpaired) electrons. The lowest BCUT2D eigenvalue weighted by atomic mass is 9.75. The molecule has 90 valence electrons. The molecular formula is C14H23NO. The molecule has 1 aliphatic rings. The molecule has 2 nitrogen and oxygen atoms in total. The molecule has 2 heteroatoms. The second-order valence-electron chi connectivity index (χ2n) is 5.01. The number of nitrogens with one attached hydrogen (secondary N) is 1. The van der Waals surface area contributed by atoms with Gasteiger partial charge in [0, 0.05) is 18.9 Å². The maximum Gasteiger partial charge on any atom is 0.219 e. The van der Waals surface area contributed by atoms with Crippen LogP contribution in [0.5, 0.6) is 0 Å². The van der Waals surface area contributed by atoms with Gasteiger partial charge in [0.15, 0.2) is 0 Å². The Balaban J connectivity index is 2.90. The largest absolute Gasteiger partial charge is 0.359 e. The first kappa shape index (κ1) is 13.0. The van der Waals surface area contributed by atoms with Crippen LogP contribution in [0.4, 0.5) is 0 Å². The third-order valence-corrected chi connectivity index (χ3v) is 4.47. The van der Waals surface area contributed by atoms with Gasteiger partial charge in [-0.05, 0) is 45.3 Å². The van der Waals surface area contributed by atoms with E-state index >= 15 is 0 Å². The fourth-order valence-electron chi connectivity index (χ4n) is 2.53. The van der Waals surface area contributed by atoms with E-state index in [-0.39, 0.29) is 11.3 Å². The van der Waals surface area contributed by atoms with Crippen LogP contribution in [-0.2, 0) is 4.79 Å². The van der Waals surface area contributed by atoms with Crippen LogP contribution < -0.4 is 5.32 Å². The highest BCUT2D eigenvalue weighted by Gasteiger charge is 2.35. The monoisotopic (exact) mass is 221 g/mol. The van der Waals surface area contributed by atoms with Crippen LogP contribution in [0, 0.1) is 5.41 Å². The summed E-state index contributed by atoms with van der Waals surface area (Å²) >= 11 is 0. The van der Waals surface area contributed by atoms with E-state index in [0.717, 1.165) is 6.42 Å². The van der Waals surface area contributed by atoms with Crippen molar-refractivity contribution in [2.24, 2.45) is 5.41 Å². The minimum Gasteiger partial charge on any atom is -0.359 e. The summed E-state index contributed by atoms with van der Waals surface area (Å²) in [5, 5.41) is 2.69. The molecule has 0 spiro atoms. The van der Waals surface area contributed by atoms with Crippen molar-refractivity contribution in [3.8, 4) is 0 Å². The number of carbonyl (C=O) groups excluding carboxylic acids is 1. The SMILES string of the molecule is CNC(=O)CCC1(C)C(C)=C(C)C(C)=C1C. The van der Waals surface area contributed by atoms with Gasteiger partial charge in [-0.3, -0.25) is 4.79 Å². The van der Waals surface area contributed by atoms with Crippen molar-refractivity contribution in [3.05, 3.63) is 22.3 Å². The number of carbonyl (C=O) groups is 1. The first-order valence-corrected chi connectivity index (χ1v) is 5.91. The molecule has 0 saturated carbocycles. The van der Waals surface area contributed by atoms with E-state index in [4.69, 9.17) is 0 Å². The van der Waals surface area contributed by atoms with Crippen molar-refractivity contribution in [2.75, 3.05) is 7.05 Å². The summed E-state index contributed by atoms with van der Waals surface area (Å²) in [6.07, 6.45) is 1.50. The molecule has 1 N–H and O–H groups in total. The molecule has 0 fully saturated rings. The maximum atomic E-state index is 11.3. The lowest BCUT2D eigenvalue weighted by Gasteiger charge is -2.29. The Morgan fingerprint density at radius 2 is 1.56 bits per heavy atom. The van der Waals surface area contributed by atoms with Crippen molar-refractivity contribution in [1.82, 2.24) is 5.32 Å². The highest BCUT2D eigenvalue weighted by Crippen LogP contribution is 2.49. The van der Waals surface area contributed by atoms with E-state index < -0.39 is 0 Å². The highest BCUT2D eigenvalue weighted by atomic mass is 16.1. The van der Waals surface area contributed by atoms with E-state index in [2.05, 4.69) is 39.9 Å². The quantitative estimate of drug-likeness (QED) is 0.779. The molecule has 1 aliphatic carbocycles. The van der Waals surface area contributed by atoms with E-state index in [1.807, 2.05) is 0 Å². The summed E-state index contributed by atoms with van der Waals surface area (Å²) in [5.74, 6) is 0.129. The van der Waals surface area contributed by atoms with E-state index in [0.29, 0.717) is 6.42 Å².